The fourth-order valence-electron chi connectivity index (χ4n) is 1.47. The van der Waals surface area contributed by atoms with Gasteiger partial charge in [0.2, 0.25) is 5.89 Å². The molecular formula is C11H16N6O. The van der Waals surface area contributed by atoms with E-state index in [0.717, 1.165) is 12.2 Å². The van der Waals surface area contributed by atoms with Crippen LogP contribution in [-0.2, 0) is 6.54 Å². The Morgan fingerprint density at radius 3 is 2.94 bits per heavy atom. The molecule has 7 nitrogen and oxygen atoms in total. The first-order valence-electron chi connectivity index (χ1n) is 5.87. The summed E-state index contributed by atoms with van der Waals surface area (Å²) in [6, 6.07) is 4.14. The van der Waals surface area contributed by atoms with Gasteiger partial charge in [0, 0.05) is 6.20 Å². The largest absolute Gasteiger partial charge is 0.406 e. The second-order valence-electron chi connectivity index (χ2n) is 3.79. The van der Waals surface area contributed by atoms with Crippen LogP contribution in [-0.4, -0.2) is 26.9 Å². The Kier molecular flexibility index (Phi) is 4.19. The lowest BCUT2D eigenvalue weighted by Crippen LogP contribution is -2.17. The quantitative estimate of drug-likeness (QED) is 0.792. The standard InChI is InChI=1S/C11H16N6O/c1-3-12-8(2)10-16-17-11(18-10)13-7-9-5-4-6-14-15-9/h4-6,8,12H,3,7H2,1-2H3,(H,13,17). The van der Waals surface area contributed by atoms with E-state index in [0.29, 0.717) is 18.5 Å². The molecule has 2 N–H and O–H groups in total. The molecular weight excluding hydrogens is 232 g/mol. The van der Waals surface area contributed by atoms with Gasteiger partial charge < -0.3 is 15.1 Å². The van der Waals surface area contributed by atoms with Gasteiger partial charge in [-0.15, -0.1) is 5.10 Å². The van der Waals surface area contributed by atoms with Gasteiger partial charge >= 0.3 is 6.01 Å². The molecule has 2 aromatic heterocycles. The van der Waals surface area contributed by atoms with Crippen molar-refractivity contribution in [3.8, 4) is 0 Å². The van der Waals surface area contributed by atoms with Crippen LogP contribution in [0.1, 0.15) is 31.5 Å². The minimum absolute atomic E-state index is 0.0505. The van der Waals surface area contributed by atoms with Crippen LogP contribution in [0.25, 0.3) is 0 Å². The van der Waals surface area contributed by atoms with Crippen molar-refractivity contribution in [1.82, 2.24) is 25.7 Å². The maximum absolute atomic E-state index is 5.48. The molecule has 0 aliphatic carbocycles. The van der Waals surface area contributed by atoms with Crippen LogP contribution < -0.4 is 10.6 Å². The first kappa shape index (κ1) is 12.4. The number of rotatable bonds is 6. The van der Waals surface area contributed by atoms with Gasteiger partial charge in [0.05, 0.1) is 18.3 Å². The fraction of sp³-hybridized carbons (Fsp3) is 0.455. The van der Waals surface area contributed by atoms with E-state index in [-0.39, 0.29) is 6.04 Å². The van der Waals surface area contributed by atoms with Crippen LogP contribution in [0.3, 0.4) is 0 Å². The van der Waals surface area contributed by atoms with Crippen LogP contribution in [0.2, 0.25) is 0 Å². The van der Waals surface area contributed by atoms with Gasteiger partial charge in [-0.05, 0) is 25.6 Å². The minimum atomic E-state index is 0.0505. The molecule has 2 aromatic rings. The zero-order valence-corrected chi connectivity index (χ0v) is 10.4. The second kappa shape index (κ2) is 6.06. The Balaban J connectivity index is 1.91. The summed E-state index contributed by atoms with van der Waals surface area (Å²) in [6.45, 7) is 5.36. The molecule has 0 bridgehead atoms. The first-order chi connectivity index (χ1) is 8.79. The molecule has 7 heteroatoms. The molecule has 0 aliphatic heterocycles. The van der Waals surface area contributed by atoms with Crippen LogP contribution in [0, 0.1) is 0 Å². The van der Waals surface area contributed by atoms with Crippen molar-refractivity contribution in [2.45, 2.75) is 26.4 Å². The highest BCUT2D eigenvalue weighted by molar-refractivity contribution is 5.19. The van der Waals surface area contributed by atoms with Crippen LogP contribution in [0.15, 0.2) is 22.7 Å². The molecule has 2 heterocycles. The lowest BCUT2D eigenvalue weighted by atomic mass is 10.3. The van der Waals surface area contributed by atoms with E-state index in [1.54, 1.807) is 6.20 Å². The third-order valence-corrected chi connectivity index (χ3v) is 2.37. The average Bonchev–Trinajstić information content (AvgIpc) is 2.87. The summed E-state index contributed by atoms with van der Waals surface area (Å²) in [5, 5.41) is 21.8. The Bertz CT molecular complexity index is 471. The molecule has 0 spiro atoms. The van der Waals surface area contributed by atoms with E-state index < -0.39 is 0 Å². The third-order valence-electron chi connectivity index (χ3n) is 2.37. The summed E-state index contributed by atoms with van der Waals surface area (Å²) in [4.78, 5) is 0. The first-order valence-corrected chi connectivity index (χ1v) is 5.87. The zero-order valence-electron chi connectivity index (χ0n) is 10.4. The highest BCUT2D eigenvalue weighted by Crippen LogP contribution is 2.13. The van der Waals surface area contributed by atoms with Gasteiger partial charge in [-0.3, -0.25) is 0 Å². The van der Waals surface area contributed by atoms with Crippen molar-refractivity contribution in [3.63, 3.8) is 0 Å². The highest BCUT2D eigenvalue weighted by atomic mass is 16.4. The van der Waals surface area contributed by atoms with Gasteiger partial charge in [-0.25, -0.2) is 0 Å². The number of nitrogens with one attached hydrogen (secondary N) is 2. The van der Waals surface area contributed by atoms with E-state index in [1.807, 2.05) is 26.0 Å². The molecule has 0 saturated carbocycles. The summed E-state index contributed by atoms with van der Waals surface area (Å²) in [5.74, 6) is 0.568. The molecule has 0 amide bonds. The van der Waals surface area contributed by atoms with Gasteiger partial charge in [0.25, 0.3) is 0 Å². The summed E-state index contributed by atoms with van der Waals surface area (Å²) in [6.07, 6.45) is 1.63. The van der Waals surface area contributed by atoms with Gasteiger partial charge in [-0.2, -0.15) is 10.2 Å². The number of hydrogen-bond acceptors (Lipinski definition) is 7. The van der Waals surface area contributed by atoms with E-state index in [4.69, 9.17) is 4.42 Å². The number of anilines is 1. The summed E-state index contributed by atoms with van der Waals surface area (Å²) in [5.41, 5.74) is 0.817. The van der Waals surface area contributed by atoms with Crippen molar-refractivity contribution in [3.05, 3.63) is 29.9 Å². The van der Waals surface area contributed by atoms with Crippen molar-refractivity contribution in [1.29, 1.82) is 0 Å². The maximum Gasteiger partial charge on any atom is 0.315 e. The van der Waals surface area contributed by atoms with Crippen molar-refractivity contribution in [2.75, 3.05) is 11.9 Å². The predicted octanol–water partition coefficient (Wildman–Crippen LogP) is 1.14. The molecule has 18 heavy (non-hydrogen) atoms. The highest BCUT2D eigenvalue weighted by Gasteiger charge is 2.12. The number of hydrogen-bond donors (Lipinski definition) is 2. The van der Waals surface area contributed by atoms with Crippen LogP contribution in [0.4, 0.5) is 6.01 Å². The smallest absolute Gasteiger partial charge is 0.315 e. The third kappa shape index (κ3) is 3.24. The van der Waals surface area contributed by atoms with E-state index in [9.17, 15) is 0 Å². The minimum Gasteiger partial charge on any atom is -0.406 e. The summed E-state index contributed by atoms with van der Waals surface area (Å²) in [7, 11) is 0. The lowest BCUT2D eigenvalue weighted by molar-refractivity contribution is 0.428. The van der Waals surface area contributed by atoms with Crippen molar-refractivity contribution < 1.29 is 4.42 Å². The van der Waals surface area contributed by atoms with Gasteiger partial charge in [0.1, 0.15) is 0 Å². The molecule has 0 radical (unpaired) electrons. The number of nitrogens with zero attached hydrogens (tertiary/aromatic N) is 4. The van der Waals surface area contributed by atoms with E-state index in [1.165, 1.54) is 0 Å². The monoisotopic (exact) mass is 248 g/mol. The Labute approximate surface area is 105 Å². The Hall–Kier alpha value is -2.02. The van der Waals surface area contributed by atoms with Crippen LogP contribution >= 0.6 is 0 Å². The molecule has 2 rings (SSSR count). The van der Waals surface area contributed by atoms with E-state index in [2.05, 4.69) is 31.0 Å². The summed E-state index contributed by atoms with van der Waals surface area (Å²) < 4.78 is 5.48. The van der Waals surface area contributed by atoms with E-state index >= 15 is 0 Å². The van der Waals surface area contributed by atoms with Crippen molar-refractivity contribution in [2.24, 2.45) is 0 Å². The van der Waals surface area contributed by atoms with Crippen molar-refractivity contribution >= 4 is 6.01 Å². The molecule has 0 fully saturated rings. The molecule has 1 unspecified atom stereocenters. The van der Waals surface area contributed by atoms with Gasteiger partial charge in [-0.1, -0.05) is 12.0 Å². The average molecular weight is 248 g/mol. The van der Waals surface area contributed by atoms with Crippen LogP contribution in [0.5, 0.6) is 0 Å². The molecule has 0 aliphatic rings. The Morgan fingerprint density at radius 2 is 2.22 bits per heavy atom. The SMILES string of the molecule is CCNC(C)c1nnc(NCc2cccnn2)o1. The lowest BCUT2D eigenvalue weighted by Gasteiger charge is -2.05. The van der Waals surface area contributed by atoms with Gasteiger partial charge in [0.15, 0.2) is 0 Å². The maximum atomic E-state index is 5.48. The predicted molar refractivity (Wildman–Crippen MR) is 65.7 cm³/mol. The summed E-state index contributed by atoms with van der Waals surface area (Å²) >= 11 is 0. The molecule has 0 aromatic carbocycles. The topological polar surface area (TPSA) is 88.8 Å². The number of aromatic nitrogens is 4. The molecule has 96 valence electrons. The normalized spacial score (nSPS) is 12.3. The second-order valence-corrected chi connectivity index (χ2v) is 3.79. The zero-order chi connectivity index (χ0) is 12.8. The molecule has 1 atom stereocenters. The fourth-order valence-corrected chi connectivity index (χ4v) is 1.47. The Morgan fingerprint density at radius 1 is 1.33 bits per heavy atom. The molecule has 0 saturated heterocycles.